The van der Waals surface area contributed by atoms with E-state index < -0.39 is 17.9 Å². The number of urea groups is 1. The monoisotopic (exact) mass is 468 g/mol. The Morgan fingerprint density at radius 2 is 1.45 bits per heavy atom. The summed E-state index contributed by atoms with van der Waals surface area (Å²) < 4.78 is 0. The largest absolute Gasteiger partial charge is 0.481 e. The zero-order valence-corrected chi connectivity index (χ0v) is 19.1. The summed E-state index contributed by atoms with van der Waals surface area (Å²) in [5.74, 6) is -3.15. The van der Waals surface area contributed by atoms with Gasteiger partial charge < -0.3 is 20.0 Å². The normalized spacial score (nSPS) is 22.1. The van der Waals surface area contributed by atoms with Crippen LogP contribution >= 0.6 is 11.8 Å². The van der Waals surface area contributed by atoms with Crippen LogP contribution in [0.5, 0.6) is 0 Å². The fourth-order valence-electron chi connectivity index (χ4n) is 4.83. The number of hydrogen-bond donors (Lipinski definition) is 2. The van der Waals surface area contributed by atoms with Crippen molar-refractivity contribution in [3.63, 3.8) is 0 Å². The summed E-state index contributed by atoms with van der Waals surface area (Å²) in [5, 5.41) is 18.5. The minimum Gasteiger partial charge on any atom is -0.481 e. The van der Waals surface area contributed by atoms with Crippen molar-refractivity contribution in [1.82, 2.24) is 9.80 Å². The lowest BCUT2D eigenvalue weighted by atomic mass is 9.97. The van der Waals surface area contributed by atoms with E-state index in [4.69, 9.17) is 10.2 Å². The molecule has 4 rings (SSSR count). The molecule has 0 saturated carbocycles. The number of fused-ring (bicyclic) bond motifs is 1. The number of carboxylic acid groups (broad SMARTS) is 2. The zero-order chi connectivity index (χ0) is 23.4. The van der Waals surface area contributed by atoms with Gasteiger partial charge in [-0.05, 0) is 24.0 Å². The molecule has 0 aromatic heterocycles. The fraction of sp³-hybridized carbons (Fsp3) is 0.400. The molecular weight excluding hydrogens is 440 g/mol. The van der Waals surface area contributed by atoms with Gasteiger partial charge in [-0.15, -0.1) is 0 Å². The van der Waals surface area contributed by atoms with Crippen molar-refractivity contribution in [1.29, 1.82) is 0 Å². The fourth-order valence-corrected chi connectivity index (χ4v) is 6.51. The summed E-state index contributed by atoms with van der Waals surface area (Å²) in [6.45, 7) is 1.08. The third kappa shape index (κ3) is 5.16. The van der Waals surface area contributed by atoms with Crippen molar-refractivity contribution >= 4 is 29.7 Å². The maximum atomic E-state index is 13.5. The Kier molecular flexibility index (Phi) is 7.23. The summed E-state index contributed by atoms with van der Waals surface area (Å²) in [5.41, 5.74) is 2.16. The van der Waals surface area contributed by atoms with E-state index in [1.165, 1.54) is 0 Å². The van der Waals surface area contributed by atoms with E-state index in [0.29, 0.717) is 25.9 Å². The average Bonchev–Trinajstić information content (AvgIpc) is 3.32. The van der Waals surface area contributed by atoms with Crippen LogP contribution in [0.3, 0.4) is 0 Å². The number of thioether (sulfide) groups is 1. The van der Waals surface area contributed by atoms with E-state index in [1.807, 2.05) is 70.5 Å². The van der Waals surface area contributed by atoms with Gasteiger partial charge in [0.2, 0.25) is 0 Å². The molecule has 0 radical (unpaired) electrons. The van der Waals surface area contributed by atoms with E-state index >= 15 is 0 Å². The van der Waals surface area contributed by atoms with Crippen LogP contribution in [-0.4, -0.2) is 61.1 Å². The molecule has 1 unspecified atom stereocenters. The summed E-state index contributed by atoms with van der Waals surface area (Å²) >= 11 is 1.80. The molecule has 2 heterocycles. The van der Waals surface area contributed by atoms with Crippen LogP contribution in [0, 0.1) is 5.92 Å². The van der Waals surface area contributed by atoms with Crippen LogP contribution < -0.4 is 0 Å². The van der Waals surface area contributed by atoms with Crippen molar-refractivity contribution in [3.8, 4) is 0 Å². The second-order valence-electron chi connectivity index (χ2n) is 8.60. The lowest BCUT2D eigenvalue weighted by Crippen LogP contribution is -2.40. The highest BCUT2D eigenvalue weighted by atomic mass is 32.2. The minimum absolute atomic E-state index is 0.0134. The van der Waals surface area contributed by atoms with Crippen molar-refractivity contribution in [2.45, 2.75) is 49.7 Å². The van der Waals surface area contributed by atoms with Crippen molar-refractivity contribution in [2.24, 2.45) is 5.92 Å². The number of nitrogens with zero attached hydrogens (tertiary/aromatic N) is 2. The van der Waals surface area contributed by atoms with Gasteiger partial charge in [0, 0.05) is 24.1 Å². The third-order valence-electron chi connectivity index (χ3n) is 6.48. The molecule has 0 spiro atoms. The molecule has 2 aliphatic heterocycles. The van der Waals surface area contributed by atoms with Crippen molar-refractivity contribution in [2.75, 3.05) is 5.75 Å². The number of carboxylic acids is 2. The second-order valence-corrected chi connectivity index (χ2v) is 9.87. The molecule has 8 heteroatoms. The number of amides is 2. The Balaban J connectivity index is 1.51. The molecule has 2 fully saturated rings. The molecular formula is C25H28N2O5S. The number of rotatable bonds is 10. The smallest absolute Gasteiger partial charge is 0.321 e. The average molecular weight is 469 g/mol. The Morgan fingerprint density at radius 3 is 2.00 bits per heavy atom. The van der Waals surface area contributed by atoms with Gasteiger partial charge in [-0.25, -0.2) is 4.79 Å². The second kappa shape index (κ2) is 10.3. The summed E-state index contributed by atoms with van der Waals surface area (Å²) in [4.78, 5) is 39.9. The lowest BCUT2D eigenvalue weighted by Gasteiger charge is -2.27. The molecule has 0 bridgehead atoms. The van der Waals surface area contributed by atoms with Gasteiger partial charge in [0.25, 0.3) is 0 Å². The van der Waals surface area contributed by atoms with Crippen LogP contribution in [0.4, 0.5) is 4.79 Å². The molecule has 2 aromatic carbocycles. The Morgan fingerprint density at radius 1 is 0.909 bits per heavy atom. The van der Waals surface area contributed by atoms with Gasteiger partial charge in [0.15, 0.2) is 5.92 Å². The van der Waals surface area contributed by atoms with Crippen LogP contribution in [0.2, 0.25) is 0 Å². The van der Waals surface area contributed by atoms with Gasteiger partial charge in [-0.1, -0.05) is 67.1 Å². The number of aliphatic carboxylic acids is 2. The Bertz CT molecular complexity index is 973. The first-order valence-electron chi connectivity index (χ1n) is 11.2. The van der Waals surface area contributed by atoms with Crippen LogP contribution in [-0.2, 0) is 22.7 Å². The quantitative estimate of drug-likeness (QED) is 0.405. The molecule has 2 aromatic rings. The molecule has 2 aliphatic rings. The first kappa shape index (κ1) is 23.2. The SMILES string of the molecule is O=C(O)C(CCCC1SC[C@@H]2[C@H]1N(Cc1ccccc1)C(=O)N2Cc1ccccc1)C(=O)O. The molecule has 2 N–H and O–H groups in total. The molecule has 7 nitrogen and oxygen atoms in total. The zero-order valence-electron chi connectivity index (χ0n) is 18.2. The van der Waals surface area contributed by atoms with Gasteiger partial charge in [-0.2, -0.15) is 11.8 Å². The highest BCUT2D eigenvalue weighted by Crippen LogP contribution is 2.42. The van der Waals surface area contributed by atoms with E-state index in [2.05, 4.69) is 0 Å². The van der Waals surface area contributed by atoms with E-state index in [9.17, 15) is 14.4 Å². The topological polar surface area (TPSA) is 98.2 Å². The maximum absolute atomic E-state index is 13.5. The molecule has 174 valence electrons. The summed E-state index contributed by atoms with van der Waals surface area (Å²) in [7, 11) is 0. The maximum Gasteiger partial charge on any atom is 0.321 e. The first-order valence-corrected chi connectivity index (χ1v) is 12.2. The number of hydrogen-bond acceptors (Lipinski definition) is 4. The van der Waals surface area contributed by atoms with E-state index in [-0.39, 0.29) is 29.8 Å². The van der Waals surface area contributed by atoms with E-state index in [1.54, 1.807) is 11.8 Å². The molecule has 0 aliphatic carbocycles. The minimum atomic E-state index is -1.38. The number of benzene rings is 2. The predicted octanol–water partition coefficient (Wildman–Crippen LogP) is 3.93. The van der Waals surface area contributed by atoms with Gasteiger partial charge in [0.1, 0.15) is 0 Å². The number of carbonyl (C=O) groups excluding carboxylic acids is 1. The van der Waals surface area contributed by atoms with Crippen LogP contribution in [0.1, 0.15) is 30.4 Å². The number of carbonyl (C=O) groups is 3. The predicted molar refractivity (Wildman–Crippen MR) is 126 cm³/mol. The Hall–Kier alpha value is -3.00. The molecule has 3 atom stereocenters. The van der Waals surface area contributed by atoms with Crippen molar-refractivity contribution in [3.05, 3.63) is 71.8 Å². The first-order chi connectivity index (χ1) is 16.0. The van der Waals surface area contributed by atoms with Crippen LogP contribution in [0.25, 0.3) is 0 Å². The highest BCUT2D eigenvalue weighted by molar-refractivity contribution is 8.00. The standard InChI is InChI=1S/C25H28N2O5S/c28-23(29)19(24(30)31)12-7-13-21-22-20(16-33-21)26(14-17-8-3-1-4-9-17)25(32)27(22)15-18-10-5-2-6-11-18/h1-6,8-11,19-22H,7,12-16H2,(H,28,29)(H,30,31)/t20-,21?,22-/m1/s1. The summed E-state index contributed by atoms with van der Waals surface area (Å²) in [6, 6.07) is 20.0. The summed E-state index contributed by atoms with van der Waals surface area (Å²) in [6.07, 6.45) is 1.27. The van der Waals surface area contributed by atoms with Gasteiger partial charge in [0.05, 0.1) is 12.1 Å². The lowest BCUT2D eigenvalue weighted by molar-refractivity contribution is -0.154. The van der Waals surface area contributed by atoms with Crippen LogP contribution in [0.15, 0.2) is 60.7 Å². The van der Waals surface area contributed by atoms with Crippen molar-refractivity contribution < 1.29 is 24.6 Å². The Labute approximate surface area is 197 Å². The van der Waals surface area contributed by atoms with E-state index in [0.717, 1.165) is 16.9 Å². The highest BCUT2D eigenvalue weighted by Gasteiger charge is 2.52. The van der Waals surface area contributed by atoms with Gasteiger partial charge >= 0.3 is 18.0 Å². The van der Waals surface area contributed by atoms with Gasteiger partial charge in [-0.3, -0.25) is 9.59 Å². The molecule has 2 amide bonds. The molecule has 33 heavy (non-hydrogen) atoms. The molecule has 2 saturated heterocycles. The third-order valence-corrected chi connectivity index (χ3v) is 7.95.